The fourth-order valence-electron chi connectivity index (χ4n) is 3.79. The molecule has 0 aliphatic heterocycles. The Morgan fingerprint density at radius 2 is 1.77 bits per heavy atom. The van der Waals surface area contributed by atoms with Crippen LogP contribution in [0.25, 0.3) is 10.9 Å². The van der Waals surface area contributed by atoms with E-state index >= 15 is 0 Å². The van der Waals surface area contributed by atoms with Gasteiger partial charge in [-0.25, -0.2) is 0 Å². The Morgan fingerprint density at radius 1 is 1.03 bits per heavy atom. The maximum Gasteiger partial charge on any atom is 0.280 e. The minimum atomic E-state index is -0.530. The third-order valence-electron chi connectivity index (χ3n) is 5.50. The predicted molar refractivity (Wildman–Crippen MR) is 122 cm³/mol. The molecule has 1 N–H and O–H groups in total. The van der Waals surface area contributed by atoms with E-state index in [0.717, 1.165) is 17.7 Å². The van der Waals surface area contributed by atoms with Crippen LogP contribution in [-0.2, 0) is 20.0 Å². The maximum atomic E-state index is 13.0. The zero-order valence-corrected chi connectivity index (χ0v) is 18.1. The van der Waals surface area contributed by atoms with Gasteiger partial charge in [0.05, 0.1) is 28.0 Å². The van der Waals surface area contributed by atoms with Crippen LogP contribution < -0.4 is 10.7 Å². The van der Waals surface area contributed by atoms with Gasteiger partial charge >= 0.3 is 0 Å². The molecule has 0 saturated carbocycles. The van der Waals surface area contributed by atoms with Crippen molar-refractivity contribution in [3.8, 4) is 0 Å². The quantitative estimate of drug-likeness (QED) is 0.540. The van der Waals surface area contributed by atoms with Gasteiger partial charge in [0.1, 0.15) is 0 Å². The average molecular weight is 415 g/mol. The van der Waals surface area contributed by atoms with Gasteiger partial charge < -0.3 is 5.32 Å². The van der Waals surface area contributed by atoms with Crippen LogP contribution in [0.3, 0.4) is 0 Å². The molecular weight excluding hydrogens is 390 g/mol. The molecule has 4 rings (SSSR count). The first-order chi connectivity index (χ1) is 14.8. The second kappa shape index (κ2) is 8.18. The molecule has 4 aromatic rings. The van der Waals surface area contributed by atoms with Gasteiger partial charge in [-0.15, -0.1) is 0 Å². The summed E-state index contributed by atoms with van der Waals surface area (Å²) in [7, 11) is 1.73. The zero-order valence-electron chi connectivity index (χ0n) is 18.1. The van der Waals surface area contributed by atoms with Crippen molar-refractivity contribution in [2.45, 2.75) is 33.7 Å². The summed E-state index contributed by atoms with van der Waals surface area (Å²) < 4.78 is 3.45. The second-order valence-electron chi connectivity index (χ2n) is 7.78. The van der Waals surface area contributed by atoms with E-state index in [2.05, 4.69) is 27.6 Å². The molecule has 0 saturated heterocycles. The largest absolute Gasteiger partial charge is 0.317 e. The highest BCUT2D eigenvalue weighted by molar-refractivity contribution is 6.04. The highest BCUT2D eigenvalue weighted by Gasteiger charge is 2.20. The summed E-state index contributed by atoms with van der Waals surface area (Å²) in [6.07, 6.45) is 0.836. The Morgan fingerprint density at radius 3 is 2.52 bits per heavy atom. The van der Waals surface area contributed by atoms with Crippen molar-refractivity contribution in [2.24, 2.45) is 7.05 Å². The van der Waals surface area contributed by atoms with E-state index in [1.807, 2.05) is 55.8 Å². The SMILES string of the molecule is Cc1ccc2c(c1)c(=O)c(C(=O)Nc1c(C)nn(CCc3ccccc3)c1C)nn2C. The number of hydrogen-bond donors (Lipinski definition) is 1. The minimum absolute atomic E-state index is 0.128. The molecule has 0 radical (unpaired) electrons. The molecule has 0 aliphatic rings. The third-order valence-corrected chi connectivity index (χ3v) is 5.50. The number of aryl methyl sites for hydroxylation is 5. The van der Waals surface area contributed by atoms with Crippen molar-refractivity contribution in [1.29, 1.82) is 0 Å². The Labute approximate surface area is 180 Å². The first-order valence-corrected chi connectivity index (χ1v) is 10.2. The third kappa shape index (κ3) is 3.99. The molecule has 2 aromatic carbocycles. The lowest BCUT2D eigenvalue weighted by Gasteiger charge is -2.10. The van der Waals surface area contributed by atoms with Crippen molar-refractivity contribution < 1.29 is 4.79 Å². The number of benzene rings is 2. The summed E-state index contributed by atoms with van der Waals surface area (Å²) in [6.45, 7) is 6.37. The number of nitrogens with zero attached hydrogens (tertiary/aromatic N) is 4. The summed E-state index contributed by atoms with van der Waals surface area (Å²) in [5.41, 5.74) is 4.52. The minimum Gasteiger partial charge on any atom is -0.317 e. The van der Waals surface area contributed by atoms with E-state index in [9.17, 15) is 9.59 Å². The molecule has 0 bridgehead atoms. The van der Waals surface area contributed by atoms with E-state index in [1.165, 1.54) is 5.56 Å². The zero-order chi connectivity index (χ0) is 22.1. The van der Waals surface area contributed by atoms with Gasteiger partial charge in [0, 0.05) is 13.6 Å². The molecule has 7 nitrogen and oxygen atoms in total. The molecule has 0 unspecified atom stereocenters. The van der Waals surface area contributed by atoms with Gasteiger partial charge in [-0.3, -0.25) is 19.0 Å². The lowest BCUT2D eigenvalue weighted by molar-refractivity contribution is 0.101. The van der Waals surface area contributed by atoms with Crippen LogP contribution in [0.2, 0.25) is 0 Å². The molecule has 1 amide bonds. The van der Waals surface area contributed by atoms with Crippen molar-refractivity contribution >= 4 is 22.5 Å². The monoisotopic (exact) mass is 415 g/mol. The van der Waals surface area contributed by atoms with Crippen LogP contribution in [0.15, 0.2) is 53.3 Å². The summed E-state index contributed by atoms with van der Waals surface area (Å²) in [5.74, 6) is -0.530. The Bertz CT molecular complexity index is 1340. The number of aromatic nitrogens is 4. The first kappa shape index (κ1) is 20.5. The van der Waals surface area contributed by atoms with Gasteiger partial charge in [0.15, 0.2) is 5.69 Å². The molecule has 7 heteroatoms. The Hall–Kier alpha value is -3.74. The summed E-state index contributed by atoms with van der Waals surface area (Å²) in [6, 6.07) is 15.7. The molecule has 158 valence electrons. The van der Waals surface area contributed by atoms with Crippen molar-refractivity contribution in [3.63, 3.8) is 0 Å². The number of rotatable bonds is 5. The van der Waals surface area contributed by atoms with Gasteiger partial charge in [-0.05, 0) is 44.9 Å². The number of fused-ring (bicyclic) bond motifs is 1. The van der Waals surface area contributed by atoms with E-state index < -0.39 is 5.91 Å². The fourth-order valence-corrected chi connectivity index (χ4v) is 3.79. The van der Waals surface area contributed by atoms with Crippen molar-refractivity contribution in [2.75, 3.05) is 5.32 Å². The number of anilines is 1. The molecule has 0 aliphatic carbocycles. The molecule has 2 aromatic heterocycles. The lowest BCUT2D eigenvalue weighted by Crippen LogP contribution is -2.26. The van der Waals surface area contributed by atoms with E-state index in [4.69, 9.17) is 0 Å². The molecule has 31 heavy (non-hydrogen) atoms. The number of amides is 1. The lowest BCUT2D eigenvalue weighted by atomic mass is 10.1. The maximum absolute atomic E-state index is 13.0. The number of nitrogens with one attached hydrogen (secondary N) is 1. The van der Waals surface area contributed by atoms with Gasteiger partial charge in [0.25, 0.3) is 5.91 Å². The van der Waals surface area contributed by atoms with Crippen molar-refractivity contribution in [1.82, 2.24) is 19.6 Å². The Kier molecular flexibility index (Phi) is 5.42. The van der Waals surface area contributed by atoms with Crippen LogP contribution in [0, 0.1) is 20.8 Å². The normalized spacial score (nSPS) is 11.1. The second-order valence-corrected chi connectivity index (χ2v) is 7.78. The van der Waals surface area contributed by atoms with E-state index in [0.29, 0.717) is 28.8 Å². The van der Waals surface area contributed by atoms with Crippen LogP contribution in [0.1, 0.15) is 33.0 Å². The first-order valence-electron chi connectivity index (χ1n) is 10.2. The van der Waals surface area contributed by atoms with E-state index in [-0.39, 0.29) is 11.1 Å². The van der Waals surface area contributed by atoms with Gasteiger partial charge in [-0.1, -0.05) is 42.0 Å². The van der Waals surface area contributed by atoms with Gasteiger partial charge in [0.2, 0.25) is 5.43 Å². The molecular formula is C24H25N5O2. The number of carbonyl (C=O) groups is 1. The fraction of sp³-hybridized carbons (Fsp3) is 0.250. The van der Waals surface area contributed by atoms with Crippen LogP contribution in [0.5, 0.6) is 0 Å². The summed E-state index contributed by atoms with van der Waals surface area (Å²) >= 11 is 0. The highest BCUT2D eigenvalue weighted by atomic mass is 16.2. The average Bonchev–Trinajstić information content (AvgIpc) is 3.02. The van der Waals surface area contributed by atoms with Crippen LogP contribution in [0.4, 0.5) is 5.69 Å². The standard InChI is InChI=1S/C24H25N5O2/c1-15-10-11-20-19(14-15)23(30)22(27-28(20)4)24(31)25-21-16(2)26-29(17(21)3)13-12-18-8-6-5-7-9-18/h5-11,14H,12-13H2,1-4H3,(H,25,31). The molecule has 0 fully saturated rings. The molecule has 0 spiro atoms. The topological polar surface area (TPSA) is 81.8 Å². The number of hydrogen-bond acceptors (Lipinski definition) is 4. The molecule has 0 atom stereocenters. The summed E-state index contributed by atoms with van der Waals surface area (Å²) in [5, 5.41) is 12.1. The predicted octanol–water partition coefficient (Wildman–Crippen LogP) is 3.55. The smallest absolute Gasteiger partial charge is 0.280 e. The number of carbonyl (C=O) groups excluding carboxylic acids is 1. The van der Waals surface area contributed by atoms with E-state index in [1.54, 1.807) is 17.8 Å². The Balaban J connectivity index is 1.61. The van der Waals surface area contributed by atoms with Crippen LogP contribution in [-0.4, -0.2) is 25.5 Å². The highest BCUT2D eigenvalue weighted by Crippen LogP contribution is 2.21. The van der Waals surface area contributed by atoms with Crippen LogP contribution >= 0.6 is 0 Å². The van der Waals surface area contributed by atoms with Crippen molar-refractivity contribution in [3.05, 3.63) is 87.0 Å². The molecule has 2 heterocycles. The summed E-state index contributed by atoms with van der Waals surface area (Å²) in [4.78, 5) is 25.9. The van der Waals surface area contributed by atoms with Gasteiger partial charge in [-0.2, -0.15) is 10.2 Å².